The Kier molecular flexibility index (Phi) is 5.46. The molecule has 1 aromatic heterocycles. The largest absolute Gasteiger partial charge is 0.496 e. The van der Waals surface area contributed by atoms with Crippen LogP contribution < -0.4 is 9.47 Å². The van der Waals surface area contributed by atoms with E-state index in [0.29, 0.717) is 11.5 Å². The fourth-order valence-electron chi connectivity index (χ4n) is 1.91. The van der Waals surface area contributed by atoms with E-state index in [0.717, 1.165) is 24.3 Å². The van der Waals surface area contributed by atoms with Crippen molar-refractivity contribution in [1.82, 2.24) is 0 Å². The molecule has 0 fully saturated rings. The molecule has 0 spiro atoms. The van der Waals surface area contributed by atoms with Gasteiger partial charge in [-0.3, -0.25) is 4.79 Å². The first-order valence-electron chi connectivity index (χ1n) is 6.18. The third kappa shape index (κ3) is 3.87. The predicted molar refractivity (Wildman–Crippen MR) is 92.0 cm³/mol. The molecule has 0 aliphatic heterocycles. The molecule has 112 valence electrons. The fraction of sp³-hybridized carbons (Fsp3) is 0.267. The van der Waals surface area contributed by atoms with Gasteiger partial charge in [0.1, 0.15) is 11.5 Å². The maximum absolute atomic E-state index is 12.2. The molecule has 1 heterocycles. The van der Waals surface area contributed by atoms with Crippen LogP contribution in [0.2, 0.25) is 0 Å². The predicted octanol–water partition coefficient (Wildman–Crippen LogP) is 5.16. The minimum absolute atomic E-state index is 0.00832. The monoisotopic (exact) mass is 432 g/mol. The first kappa shape index (κ1) is 16.5. The summed E-state index contributed by atoms with van der Waals surface area (Å²) in [4.78, 5) is 14.4. The summed E-state index contributed by atoms with van der Waals surface area (Å²) in [5.41, 5.74) is 0.737. The molecule has 0 atom stereocenters. The van der Waals surface area contributed by atoms with E-state index >= 15 is 0 Å². The van der Waals surface area contributed by atoms with E-state index in [4.69, 9.17) is 9.47 Å². The normalized spacial score (nSPS) is 10.5. The van der Waals surface area contributed by atoms with Gasteiger partial charge in [-0.15, -0.1) is 11.3 Å². The summed E-state index contributed by atoms with van der Waals surface area (Å²) < 4.78 is 12.3. The van der Waals surface area contributed by atoms with E-state index in [-0.39, 0.29) is 12.4 Å². The van der Waals surface area contributed by atoms with Gasteiger partial charge < -0.3 is 9.47 Å². The Morgan fingerprint density at radius 1 is 1.14 bits per heavy atom. The highest BCUT2D eigenvalue weighted by Gasteiger charge is 2.14. The average Bonchev–Trinajstić information content (AvgIpc) is 2.78. The van der Waals surface area contributed by atoms with Crippen LogP contribution in [0.1, 0.15) is 20.1 Å². The summed E-state index contributed by atoms with van der Waals surface area (Å²) in [6.07, 6.45) is 0. The van der Waals surface area contributed by atoms with E-state index in [1.54, 1.807) is 30.6 Å². The Bertz CT molecular complexity index is 680. The summed E-state index contributed by atoms with van der Waals surface area (Å²) in [7, 11) is 1.60. The molecular weight excluding hydrogens is 420 g/mol. The number of halogens is 2. The van der Waals surface area contributed by atoms with Crippen molar-refractivity contribution in [1.29, 1.82) is 0 Å². The Labute approximate surface area is 144 Å². The van der Waals surface area contributed by atoms with Gasteiger partial charge in [-0.05, 0) is 63.9 Å². The SMILES string of the molecule is COc1cc(Br)c(OCC(=O)c2cc(C)sc2C)cc1Br. The second kappa shape index (κ2) is 6.94. The summed E-state index contributed by atoms with van der Waals surface area (Å²) in [6, 6.07) is 5.48. The van der Waals surface area contributed by atoms with Crippen molar-refractivity contribution >= 4 is 49.0 Å². The number of aryl methyl sites for hydroxylation is 2. The number of methoxy groups -OCH3 is 1. The van der Waals surface area contributed by atoms with Gasteiger partial charge in [0.05, 0.1) is 16.1 Å². The van der Waals surface area contributed by atoms with Gasteiger partial charge in [0.15, 0.2) is 6.61 Å². The van der Waals surface area contributed by atoms with Crippen LogP contribution in [0.4, 0.5) is 0 Å². The van der Waals surface area contributed by atoms with Crippen molar-refractivity contribution in [2.75, 3.05) is 13.7 Å². The lowest BCUT2D eigenvalue weighted by Crippen LogP contribution is -2.12. The van der Waals surface area contributed by atoms with Crippen LogP contribution in [0, 0.1) is 13.8 Å². The first-order chi connectivity index (χ1) is 9.92. The standard InChI is InChI=1S/C15H14Br2O3S/c1-8-4-10(9(2)21-8)13(18)7-20-15-6-11(16)14(19-3)5-12(15)17/h4-6H,7H2,1-3H3. The fourth-order valence-corrected chi connectivity index (χ4v) is 3.77. The molecular formula is C15H14Br2O3S. The smallest absolute Gasteiger partial charge is 0.201 e. The number of carbonyl (C=O) groups is 1. The number of Topliss-reactive ketones (excluding diaryl/α,β-unsaturated/α-hetero) is 1. The summed E-state index contributed by atoms with van der Waals surface area (Å²) in [5.74, 6) is 1.28. The maximum atomic E-state index is 12.2. The van der Waals surface area contributed by atoms with Crippen LogP contribution in [-0.2, 0) is 0 Å². The van der Waals surface area contributed by atoms with Crippen molar-refractivity contribution in [3.63, 3.8) is 0 Å². The number of hydrogen-bond donors (Lipinski definition) is 0. The quantitative estimate of drug-likeness (QED) is 0.611. The Balaban J connectivity index is 2.11. The van der Waals surface area contributed by atoms with Crippen LogP contribution in [-0.4, -0.2) is 19.5 Å². The first-order valence-corrected chi connectivity index (χ1v) is 8.58. The minimum atomic E-state index is -0.0179. The molecule has 0 saturated carbocycles. The lowest BCUT2D eigenvalue weighted by molar-refractivity contribution is 0.0921. The molecule has 6 heteroatoms. The number of ether oxygens (including phenoxy) is 2. The second-order valence-corrected chi connectivity index (χ2v) is 7.63. The maximum Gasteiger partial charge on any atom is 0.201 e. The third-order valence-corrected chi connectivity index (χ3v) is 5.11. The van der Waals surface area contributed by atoms with Crippen LogP contribution in [0.15, 0.2) is 27.1 Å². The van der Waals surface area contributed by atoms with Gasteiger partial charge in [-0.2, -0.15) is 0 Å². The van der Waals surface area contributed by atoms with Gasteiger partial charge >= 0.3 is 0 Å². The zero-order valence-electron chi connectivity index (χ0n) is 11.8. The van der Waals surface area contributed by atoms with E-state index in [2.05, 4.69) is 31.9 Å². The van der Waals surface area contributed by atoms with Crippen molar-refractivity contribution in [2.24, 2.45) is 0 Å². The van der Waals surface area contributed by atoms with Gasteiger partial charge in [0, 0.05) is 15.3 Å². The van der Waals surface area contributed by atoms with Crippen LogP contribution in [0.25, 0.3) is 0 Å². The molecule has 2 rings (SSSR count). The zero-order chi connectivity index (χ0) is 15.6. The van der Waals surface area contributed by atoms with Crippen molar-refractivity contribution in [3.05, 3.63) is 42.5 Å². The molecule has 2 aromatic rings. The molecule has 0 radical (unpaired) electrons. The average molecular weight is 434 g/mol. The van der Waals surface area contributed by atoms with Crippen molar-refractivity contribution in [2.45, 2.75) is 13.8 Å². The topological polar surface area (TPSA) is 35.5 Å². The van der Waals surface area contributed by atoms with Gasteiger partial charge in [0.25, 0.3) is 0 Å². The van der Waals surface area contributed by atoms with E-state index in [1.807, 2.05) is 19.9 Å². The highest BCUT2D eigenvalue weighted by Crippen LogP contribution is 2.36. The van der Waals surface area contributed by atoms with Crippen molar-refractivity contribution < 1.29 is 14.3 Å². The number of rotatable bonds is 5. The molecule has 0 saturated heterocycles. The minimum Gasteiger partial charge on any atom is -0.496 e. The molecule has 0 N–H and O–H groups in total. The van der Waals surface area contributed by atoms with Gasteiger partial charge in [0.2, 0.25) is 5.78 Å². The summed E-state index contributed by atoms with van der Waals surface area (Å²) in [5, 5.41) is 0. The van der Waals surface area contributed by atoms with Crippen LogP contribution in [0.5, 0.6) is 11.5 Å². The van der Waals surface area contributed by atoms with Crippen molar-refractivity contribution in [3.8, 4) is 11.5 Å². The number of ketones is 1. The highest BCUT2D eigenvalue weighted by atomic mass is 79.9. The summed E-state index contributed by atoms with van der Waals surface area (Å²) >= 11 is 8.43. The zero-order valence-corrected chi connectivity index (χ0v) is 15.8. The van der Waals surface area contributed by atoms with E-state index < -0.39 is 0 Å². The Hall–Kier alpha value is -0.850. The van der Waals surface area contributed by atoms with Crippen LogP contribution >= 0.6 is 43.2 Å². The highest BCUT2D eigenvalue weighted by molar-refractivity contribution is 9.11. The van der Waals surface area contributed by atoms with Crippen LogP contribution in [0.3, 0.4) is 0 Å². The number of hydrogen-bond acceptors (Lipinski definition) is 4. The molecule has 21 heavy (non-hydrogen) atoms. The lowest BCUT2D eigenvalue weighted by atomic mass is 10.2. The second-order valence-electron chi connectivity index (χ2n) is 4.46. The summed E-state index contributed by atoms with van der Waals surface area (Å²) in [6.45, 7) is 3.95. The Morgan fingerprint density at radius 2 is 1.76 bits per heavy atom. The van der Waals surface area contributed by atoms with Gasteiger partial charge in [-0.25, -0.2) is 0 Å². The third-order valence-electron chi connectivity index (χ3n) is 2.91. The molecule has 0 amide bonds. The molecule has 0 aliphatic carbocycles. The molecule has 0 aliphatic rings. The van der Waals surface area contributed by atoms with Gasteiger partial charge in [-0.1, -0.05) is 0 Å². The molecule has 3 nitrogen and oxygen atoms in total. The number of carbonyl (C=O) groups excluding carboxylic acids is 1. The molecule has 1 aromatic carbocycles. The van der Waals surface area contributed by atoms with E-state index in [9.17, 15) is 4.79 Å². The lowest BCUT2D eigenvalue weighted by Gasteiger charge is -2.10. The number of benzene rings is 1. The molecule has 0 bridgehead atoms. The Morgan fingerprint density at radius 3 is 2.33 bits per heavy atom. The molecule has 0 unspecified atom stereocenters. The van der Waals surface area contributed by atoms with E-state index in [1.165, 1.54) is 0 Å². The number of thiophene rings is 1.